The molecule has 0 spiro atoms. The molecule has 0 atom stereocenters. The summed E-state index contributed by atoms with van der Waals surface area (Å²) < 4.78 is 1.87. The molecular weight excluding hydrogens is 224 g/mol. The Morgan fingerprint density at radius 2 is 2.12 bits per heavy atom. The predicted octanol–water partition coefficient (Wildman–Crippen LogP) is 2.96. The van der Waals surface area contributed by atoms with Gasteiger partial charge in [-0.15, -0.1) is 0 Å². The first-order valence-electron chi connectivity index (χ1n) is 4.89. The molecule has 82 valence electrons. The van der Waals surface area contributed by atoms with Crippen molar-refractivity contribution in [3.8, 4) is 5.69 Å². The van der Waals surface area contributed by atoms with Crippen molar-refractivity contribution in [2.45, 2.75) is 13.8 Å². The monoisotopic (exact) mass is 234 g/mol. The summed E-state index contributed by atoms with van der Waals surface area (Å²) in [5.74, 6) is 0. The van der Waals surface area contributed by atoms with E-state index in [4.69, 9.17) is 11.6 Å². The fourth-order valence-corrected chi connectivity index (χ4v) is 1.73. The van der Waals surface area contributed by atoms with Crippen molar-refractivity contribution in [2.75, 3.05) is 0 Å². The number of halogens is 1. The van der Waals surface area contributed by atoms with E-state index in [1.165, 1.54) is 0 Å². The highest BCUT2D eigenvalue weighted by atomic mass is 35.5. The number of rotatable bonds is 2. The van der Waals surface area contributed by atoms with E-state index in [2.05, 4.69) is 4.98 Å². The minimum atomic E-state index is 0.602. The molecule has 1 aromatic carbocycles. The maximum Gasteiger partial charge on any atom is 0.152 e. The standard InChI is InChI=1S/C12H11ClN2O/c1-8-9(2)15(7-14-8)12-5-11(13)4-3-10(12)6-16/h3-7H,1-2H3. The highest BCUT2D eigenvalue weighted by Crippen LogP contribution is 2.21. The van der Waals surface area contributed by atoms with E-state index in [-0.39, 0.29) is 0 Å². The average Bonchev–Trinajstić information content (AvgIpc) is 2.60. The third-order valence-corrected chi connectivity index (χ3v) is 2.87. The molecule has 0 aliphatic carbocycles. The summed E-state index contributed by atoms with van der Waals surface area (Å²) in [4.78, 5) is 15.2. The molecule has 1 heterocycles. The molecule has 0 aliphatic heterocycles. The normalized spacial score (nSPS) is 10.4. The van der Waals surface area contributed by atoms with Gasteiger partial charge in [0.15, 0.2) is 6.29 Å². The van der Waals surface area contributed by atoms with Crippen LogP contribution < -0.4 is 0 Å². The lowest BCUT2D eigenvalue weighted by Gasteiger charge is -2.08. The van der Waals surface area contributed by atoms with Gasteiger partial charge >= 0.3 is 0 Å². The van der Waals surface area contributed by atoms with Crippen LogP contribution in [0.2, 0.25) is 5.02 Å². The largest absolute Gasteiger partial charge is 0.303 e. The van der Waals surface area contributed by atoms with E-state index in [1.54, 1.807) is 24.5 Å². The summed E-state index contributed by atoms with van der Waals surface area (Å²) in [5, 5.41) is 0.603. The summed E-state index contributed by atoms with van der Waals surface area (Å²) in [5.41, 5.74) is 3.31. The number of aldehydes is 1. The van der Waals surface area contributed by atoms with Crippen molar-refractivity contribution >= 4 is 17.9 Å². The van der Waals surface area contributed by atoms with Crippen molar-refractivity contribution < 1.29 is 4.79 Å². The van der Waals surface area contributed by atoms with E-state index in [0.717, 1.165) is 23.4 Å². The third kappa shape index (κ3) is 1.74. The van der Waals surface area contributed by atoms with Gasteiger partial charge in [0, 0.05) is 16.3 Å². The SMILES string of the molecule is Cc1ncn(-c2cc(Cl)ccc2C=O)c1C. The van der Waals surface area contributed by atoms with Gasteiger partial charge in [-0.2, -0.15) is 0 Å². The van der Waals surface area contributed by atoms with Crippen molar-refractivity contribution in [3.05, 3.63) is 46.5 Å². The van der Waals surface area contributed by atoms with Gasteiger partial charge in [0.2, 0.25) is 0 Å². The van der Waals surface area contributed by atoms with Gasteiger partial charge in [0.1, 0.15) is 0 Å². The number of hydrogen-bond acceptors (Lipinski definition) is 2. The van der Waals surface area contributed by atoms with Crippen LogP contribution >= 0.6 is 11.6 Å². The fourth-order valence-electron chi connectivity index (χ4n) is 1.57. The zero-order valence-electron chi connectivity index (χ0n) is 9.07. The van der Waals surface area contributed by atoms with Crippen LogP contribution in [0.3, 0.4) is 0 Å². The summed E-state index contributed by atoms with van der Waals surface area (Å²) in [7, 11) is 0. The van der Waals surface area contributed by atoms with Crippen LogP contribution in [-0.4, -0.2) is 15.8 Å². The number of benzene rings is 1. The van der Waals surface area contributed by atoms with Gasteiger partial charge in [0.05, 0.1) is 17.7 Å². The van der Waals surface area contributed by atoms with E-state index >= 15 is 0 Å². The summed E-state index contributed by atoms with van der Waals surface area (Å²) >= 11 is 5.93. The average molecular weight is 235 g/mol. The van der Waals surface area contributed by atoms with Gasteiger partial charge in [-0.05, 0) is 32.0 Å². The first-order chi connectivity index (χ1) is 7.63. The van der Waals surface area contributed by atoms with Crippen molar-refractivity contribution in [2.24, 2.45) is 0 Å². The van der Waals surface area contributed by atoms with E-state index in [9.17, 15) is 4.79 Å². The number of aromatic nitrogens is 2. The van der Waals surface area contributed by atoms with Gasteiger partial charge in [-0.25, -0.2) is 4.98 Å². The summed E-state index contributed by atoms with van der Waals surface area (Å²) in [6.07, 6.45) is 2.52. The van der Waals surface area contributed by atoms with Crippen molar-refractivity contribution in [1.29, 1.82) is 0 Å². The minimum Gasteiger partial charge on any atom is -0.303 e. The predicted molar refractivity (Wildman–Crippen MR) is 63.4 cm³/mol. The van der Waals surface area contributed by atoms with Crippen LogP contribution in [0.25, 0.3) is 5.69 Å². The van der Waals surface area contributed by atoms with Crippen LogP contribution in [-0.2, 0) is 0 Å². The second kappa shape index (κ2) is 4.10. The van der Waals surface area contributed by atoms with Crippen LogP contribution in [0.5, 0.6) is 0 Å². The molecule has 0 saturated heterocycles. The number of imidazole rings is 1. The highest BCUT2D eigenvalue weighted by molar-refractivity contribution is 6.30. The molecule has 0 amide bonds. The summed E-state index contributed by atoms with van der Waals surface area (Å²) in [6, 6.07) is 5.17. The van der Waals surface area contributed by atoms with Crippen molar-refractivity contribution in [3.63, 3.8) is 0 Å². The smallest absolute Gasteiger partial charge is 0.152 e. The molecule has 3 nitrogen and oxygen atoms in total. The van der Waals surface area contributed by atoms with E-state index in [0.29, 0.717) is 10.6 Å². The maximum absolute atomic E-state index is 11.0. The number of hydrogen-bond donors (Lipinski definition) is 0. The van der Waals surface area contributed by atoms with Crippen LogP contribution in [0.4, 0.5) is 0 Å². The molecule has 0 N–H and O–H groups in total. The molecule has 0 aliphatic rings. The quantitative estimate of drug-likeness (QED) is 0.749. The van der Waals surface area contributed by atoms with Gasteiger partial charge < -0.3 is 4.57 Å². The molecule has 0 bridgehead atoms. The first-order valence-corrected chi connectivity index (χ1v) is 5.27. The minimum absolute atomic E-state index is 0.602. The van der Waals surface area contributed by atoms with Gasteiger partial charge in [-0.1, -0.05) is 11.6 Å². The number of carbonyl (C=O) groups is 1. The Hall–Kier alpha value is -1.61. The van der Waals surface area contributed by atoms with Crippen LogP contribution in [0.15, 0.2) is 24.5 Å². The molecular formula is C12H11ClN2O. The molecule has 0 fully saturated rings. The van der Waals surface area contributed by atoms with Gasteiger partial charge in [0.25, 0.3) is 0 Å². The molecule has 2 rings (SSSR count). The lowest BCUT2D eigenvalue weighted by molar-refractivity contribution is 0.112. The van der Waals surface area contributed by atoms with E-state index < -0.39 is 0 Å². The Labute approximate surface area is 98.7 Å². The van der Waals surface area contributed by atoms with Gasteiger partial charge in [-0.3, -0.25) is 4.79 Å². The Kier molecular flexibility index (Phi) is 2.79. The van der Waals surface area contributed by atoms with Crippen LogP contribution in [0.1, 0.15) is 21.7 Å². The number of carbonyl (C=O) groups excluding carboxylic acids is 1. The fraction of sp³-hybridized carbons (Fsp3) is 0.167. The summed E-state index contributed by atoms with van der Waals surface area (Å²) in [6.45, 7) is 3.88. The second-order valence-electron chi connectivity index (χ2n) is 3.61. The maximum atomic E-state index is 11.0. The Morgan fingerprint density at radius 1 is 1.38 bits per heavy atom. The molecule has 0 unspecified atom stereocenters. The lowest BCUT2D eigenvalue weighted by Crippen LogP contribution is -2.00. The van der Waals surface area contributed by atoms with Crippen molar-refractivity contribution in [1.82, 2.24) is 9.55 Å². The Bertz CT molecular complexity index is 546. The third-order valence-electron chi connectivity index (χ3n) is 2.63. The zero-order chi connectivity index (χ0) is 11.7. The lowest BCUT2D eigenvalue weighted by atomic mass is 10.2. The van der Waals surface area contributed by atoms with Crippen LogP contribution in [0, 0.1) is 13.8 Å². The molecule has 0 radical (unpaired) electrons. The second-order valence-corrected chi connectivity index (χ2v) is 4.04. The van der Waals surface area contributed by atoms with E-state index in [1.807, 2.05) is 18.4 Å². The number of aryl methyl sites for hydroxylation is 1. The molecule has 1 aromatic heterocycles. The zero-order valence-corrected chi connectivity index (χ0v) is 9.82. The molecule has 2 aromatic rings. The molecule has 16 heavy (non-hydrogen) atoms. The Balaban J connectivity index is 2.67. The molecule has 4 heteroatoms. The molecule has 0 saturated carbocycles. The Morgan fingerprint density at radius 3 is 2.69 bits per heavy atom. The first kappa shape index (κ1) is 10.9. The highest BCUT2D eigenvalue weighted by Gasteiger charge is 2.09. The topological polar surface area (TPSA) is 34.9 Å². The number of nitrogens with zero attached hydrogens (tertiary/aromatic N) is 2.